The van der Waals surface area contributed by atoms with Crippen molar-refractivity contribution in [1.82, 2.24) is 10.3 Å². The van der Waals surface area contributed by atoms with E-state index in [0.29, 0.717) is 18.8 Å². The molecule has 0 aliphatic carbocycles. The maximum Gasteiger partial charge on any atom is 0.253 e. The van der Waals surface area contributed by atoms with Gasteiger partial charge in [-0.1, -0.05) is 12.1 Å². The second-order valence-electron chi connectivity index (χ2n) is 5.97. The van der Waals surface area contributed by atoms with Crippen molar-refractivity contribution in [3.8, 4) is 5.75 Å². The predicted octanol–water partition coefficient (Wildman–Crippen LogP) is 2.42. The van der Waals surface area contributed by atoms with E-state index in [2.05, 4.69) is 15.2 Å². The fourth-order valence-corrected chi connectivity index (χ4v) is 2.76. The molecule has 1 saturated heterocycles. The van der Waals surface area contributed by atoms with Gasteiger partial charge in [-0.3, -0.25) is 4.79 Å². The average Bonchev–Trinajstić information content (AvgIpc) is 2.68. The smallest absolute Gasteiger partial charge is 0.253 e. The molecule has 1 N–H and O–H groups in total. The highest BCUT2D eigenvalue weighted by atomic mass is 16.5. The Morgan fingerprint density at radius 1 is 1.20 bits per heavy atom. The average molecular weight is 341 g/mol. The van der Waals surface area contributed by atoms with Crippen LogP contribution in [-0.4, -0.2) is 44.3 Å². The number of anilines is 1. The molecule has 0 spiro atoms. The third-order valence-corrected chi connectivity index (χ3v) is 4.31. The van der Waals surface area contributed by atoms with Crippen LogP contribution in [0.3, 0.4) is 0 Å². The van der Waals surface area contributed by atoms with Crippen LogP contribution in [0.1, 0.15) is 28.9 Å². The summed E-state index contributed by atoms with van der Waals surface area (Å²) in [6.45, 7) is 5.03. The number of hydrogen-bond acceptors (Lipinski definition) is 5. The maximum atomic E-state index is 12.4. The van der Waals surface area contributed by atoms with Gasteiger partial charge in [0.15, 0.2) is 0 Å². The van der Waals surface area contributed by atoms with Crippen LogP contribution in [0.15, 0.2) is 42.6 Å². The van der Waals surface area contributed by atoms with E-state index in [4.69, 9.17) is 9.47 Å². The summed E-state index contributed by atoms with van der Waals surface area (Å²) in [5.41, 5.74) is 1.57. The molecule has 132 valence electrons. The van der Waals surface area contributed by atoms with Crippen LogP contribution in [0.25, 0.3) is 0 Å². The van der Waals surface area contributed by atoms with E-state index in [1.807, 2.05) is 43.3 Å². The standard InChI is InChI=1S/C19H23N3O3/c1-14(15-3-6-17(24-2)7-4-15)21-19(23)16-5-8-18(20-13-16)22-9-11-25-12-10-22/h3-8,13-14H,9-12H2,1-2H3,(H,21,23). The monoisotopic (exact) mass is 341 g/mol. The van der Waals surface area contributed by atoms with Gasteiger partial charge in [0.05, 0.1) is 31.9 Å². The molecule has 6 heteroatoms. The minimum absolute atomic E-state index is 0.0997. The molecular formula is C19H23N3O3. The van der Waals surface area contributed by atoms with E-state index in [-0.39, 0.29) is 11.9 Å². The number of pyridine rings is 1. The molecule has 1 aromatic carbocycles. The summed E-state index contributed by atoms with van der Waals surface area (Å²) in [5.74, 6) is 1.54. The van der Waals surface area contributed by atoms with Crippen molar-refractivity contribution in [1.29, 1.82) is 0 Å². The molecule has 2 aromatic rings. The first-order chi connectivity index (χ1) is 12.2. The summed E-state index contributed by atoms with van der Waals surface area (Å²) in [6.07, 6.45) is 1.63. The number of amides is 1. The summed E-state index contributed by atoms with van der Waals surface area (Å²) in [4.78, 5) is 19.0. The van der Waals surface area contributed by atoms with Gasteiger partial charge in [0.1, 0.15) is 11.6 Å². The Hall–Kier alpha value is -2.60. The van der Waals surface area contributed by atoms with Crippen molar-refractivity contribution < 1.29 is 14.3 Å². The van der Waals surface area contributed by atoms with E-state index in [1.165, 1.54) is 0 Å². The summed E-state index contributed by atoms with van der Waals surface area (Å²) >= 11 is 0. The van der Waals surface area contributed by atoms with Gasteiger partial charge in [0.2, 0.25) is 0 Å². The number of morpholine rings is 1. The Morgan fingerprint density at radius 2 is 1.92 bits per heavy atom. The van der Waals surface area contributed by atoms with E-state index in [1.54, 1.807) is 13.3 Å². The minimum Gasteiger partial charge on any atom is -0.497 e. The number of benzene rings is 1. The normalized spacial score (nSPS) is 15.5. The van der Waals surface area contributed by atoms with Crippen LogP contribution < -0.4 is 15.0 Å². The van der Waals surface area contributed by atoms with Gasteiger partial charge in [-0.2, -0.15) is 0 Å². The molecule has 3 rings (SSSR count). The lowest BCUT2D eigenvalue weighted by molar-refractivity contribution is 0.0939. The molecule has 25 heavy (non-hydrogen) atoms. The molecule has 1 aliphatic heterocycles. The second kappa shape index (κ2) is 7.98. The molecular weight excluding hydrogens is 318 g/mol. The summed E-state index contributed by atoms with van der Waals surface area (Å²) < 4.78 is 10.5. The van der Waals surface area contributed by atoms with Crippen LogP contribution >= 0.6 is 0 Å². The number of hydrogen-bond donors (Lipinski definition) is 1. The topological polar surface area (TPSA) is 63.7 Å². The quantitative estimate of drug-likeness (QED) is 0.905. The molecule has 1 atom stereocenters. The van der Waals surface area contributed by atoms with Gasteiger partial charge < -0.3 is 19.7 Å². The van der Waals surface area contributed by atoms with Gasteiger partial charge in [0, 0.05) is 19.3 Å². The Morgan fingerprint density at radius 3 is 2.52 bits per heavy atom. The molecule has 1 fully saturated rings. The molecule has 1 amide bonds. The van der Waals surface area contributed by atoms with E-state index < -0.39 is 0 Å². The summed E-state index contributed by atoms with van der Waals surface area (Å²) in [7, 11) is 1.63. The Labute approximate surface area is 147 Å². The lowest BCUT2D eigenvalue weighted by atomic mass is 10.1. The predicted molar refractivity (Wildman–Crippen MR) is 96.1 cm³/mol. The third-order valence-electron chi connectivity index (χ3n) is 4.31. The van der Waals surface area contributed by atoms with Crippen molar-refractivity contribution in [2.45, 2.75) is 13.0 Å². The van der Waals surface area contributed by atoms with Crippen LogP contribution in [-0.2, 0) is 4.74 Å². The highest BCUT2D eigenvalue weighted by molar-refractivity contribution is 5.94. The fraction of sp³-hybridized carbons (Fsp3) is 0.368. The maximum absolute atomic E-state index is 12.4. The molecule has 0 bridgehead atoms. The number of ether oxygens (including phenoxy) is 2. The van der Waals surface area contributed by atoms with Crippen LogP contribution in [0.2, 0.25) is 0 Å². The summed E-state index contributed by atoms with van der Waals surface area (Å²) in [6, 6.07) is 11.3. The van der Waals surface area contributed by atoms with E-state index >= 15 is 0 Å². The Balaban J connectivity index is 1.61. The number of carbonyl (C=O) groups is 1. The number of methoxy groups -OCH3 is 1. The second-order valence-corrected chi connectivity index (χ2v) is 5.97. The van der Waals surface area contributed by atoms with E-state index in [9.17, 15) is 4.79 Å². The van der Waals surface area contributed by atoms with Crippen LogP contribution in [0, 0.1) is 0 Å². The van der Waals surface area contributed by atoms with Crippen molar-refractivity contribution in [2.75, 3.05) is 38.3 Å². The minimum atomic E-state index is -0.135. The van der Waals surface area contributed by atoms with Gasteiger partial charge >= 0.3 is 0 Å². The first-order valence-corrected chi connectivity index (χ1v) is 8.41. The largest absolute Gasteiger partial charge is 0.497 e. The van der Waals surface area contributed by atoms with Crippen LogP contribution in [0.4, 0.5) is 5.82 Å². The highest BCUT2D eigenvalue weighted by Gasteiger charge is 2.15. The van der Waals surface area contributed by atoms with Crippen molar-refractivity contribution in [2.24, 2.45) is 0 Å². The molecule has 6 nitrogen and oxygen atoms in total. The summed E-state index contributed by atoms with van der Waals surface area (Å²) in [5, 5.41) is 3.00. The number of carbonyl (C=O) groups excluding carboxylic acids is 1. The van der Waals surface area contributed by atoms with Crippen molar-refractivity contribution >= 4 is 11.7 Å². The lowest BCUT2D eigenvalue weighted by Gasteiger charge is -2.27. The third kappa shape index (κ3) is 4.28. The van der Waals surface area contributed by atoms with Gasteiger partial charge in [0.25, 0.3) is 5.91 Å². The zero-order chi connectivity index (χ0) is 17.6. The number of nitrogens with one attached hydrogen (secondary N) is 1. The lowest BCUT2D eigenvalue weighted by Crippen LogP contribution is -2.36. The molecule has 2 heterocycles. The fourth-order valence-electron chi connectivity index (χ4n) is 2.76. The molecule has 1 aromatic heterocycles. The Bertz CT molecular complexity index is 695. The highest BCUT2D eigenvalue weighted by Crippen LogP contribution is 2.18. The molecule has 0 saturated carbocycles. The Kier molecular flexibility index (Phi) is 5.50. The number of nitrogens with zero attached hydrogens (tertiary/aromatic N) is 2. The zero-order valence-electron chi connectivity index (χ0n) is 14.6. The SMILES string of the molecule is COc1ccc(C(C)NC(=O)c2ccc(N3CCOCC3)nc2)cc1. The van der Waals surface area contributed by atoms with Gasteiger partial charge in [-0.15, -0.1) is 0 Å². The van der Waals surface area contributed by atoms with Crippen LogP contribution in [0.5, 0.6) is 5.75 Å². The number of rotatable bonds is 5. The molecule has 1 aliphatic rings. The van der Waals surface area contributed by atoms with Gasteiger partial charge in [-0.25, -0.2) is 4.98 Å². The van der Waals surface area contributed by atoms with Gasteiger partial charge in [-0.05, 0) is 36.8 Å². The van der Waals surface area contributed by atoms with E-state index in [0.717, 1.165) is 30.2 Å². The van der Waals surface area contributed by atoms with Crippen molar-refractivity contribution in [3.63, 3.8) is 0 Å². The zero-order valence-corrected chi connectivity index (χ0v) is 14.6. The number of aromatic nitrogens is 1. The first-order valence-electron chi connectivity index (χ1n) is 8.41. The molecule has 0 radical (unpaired) electrons. The molecule has 1 unspecified atom stereocenters. The first kappa shape index (κ1) is 17.2. The van der Waals surface area contributed by atoms with Crippen molar-refractivity contribution in [3.05, 3.63) is 53.7 Å².